The fourth-order valence-corrected chi connectivity index (χ4v) is 2.88. The smallest absolute Gasteiger partial charge is 0.123 e. The molecule has 1 aliphatic carbocycles. The van der Waals surface area contributed by atoms with E-state index in [9.17, 15) is 0 Å². The second-order valence-corrected chi connectivity index (χ2v) is 5.41. The van der Waals surface area contributed by atoms with Gasteiger partial charge in [0.2, 0.25) is 0 Å². The molecular formula is C14H23N3O. The quantitative estimate of drug-likeness (QED) is 0.774. The van der Waals surface area contributed by atoms with Crippen molar-refractivity contribution in [3.63, 3.8) is 0 Å². The summed E-state index contributed by atoms with van der Waals surface area (Å²) in [5.74, 6) is 1.24. The van der Waals surface area contributed by atoms with Crippen LogP contribution in [0.2, 0.25) is 0 Å². The highest BCUT2D eigenvalue weighted by molar-refractivity contribution is 5.00. The van der Waals surface area contributed by atoms with Gasteiger partial charge in [-0.25, -0.2) is 4.98 Å². The maximum absolute atomic E-state index is 5.59. The molecule has 4 nitrogen and oxygen atoms in total. The van der Waals surface area contributed by atoms with Crippen LogP contribution < -0.4 is 0 Å². The first-order valence-corrected chi connectivity index (χ1v) is 7.22. The van der Waals surface area contributed by atoms with Gasteiger partial charge < -0.3 is 9.30 Å². The lowest BCUT2D eigenvalue weighted by atomic mass is 10.2. The summed E-state index contributed by atoms with van der Waals surface area (Å²) in [7, 11) is 0. The summed E-state index contributed by atoms with van der Waals surface area (Å²) in [5, 5.41) is 0. The summed E-state index contributed by atoms with van der Waals surface area (Å²) in [6.07, 6.45) is 9.30. The molecular weight excluding hydrogens is 226 g/mol. The van der Waals surface area contributed by atoms with Crippen LogP contribution in [0, 0.1) is 0 Å². The molecule has 0 unspecified atom stereocenters. The van der Waals surface area contributed by atoms with Crippen molar-refractivity contribution in [3.8, 4) is 0 Å². The summed E-state index contributed by atoms with van der Waals surface area (Å²) in [6, 6.07) is 1.32. The lowest BCUT2D eigenvalue weighted by Gasteiger charge is -2.24. The molecule has 0 aromatic carbocycles. The molecule has 0 radical (unpaired) electrons. The zero-order valence-corrected chi connectivity index (χ0v) is 11.2. The van der Waals surface area contributed by atoms with Crippen molar-refractivity contribution in [3.05, 3.63) is 18.2 Å². The Morgan fingerprint density at radius 1 is 1.39 bits per heavy atom. The van der Waals surface area contributed by atoms with Crippen molar-refractivity contribution >= 4 is 0 Å². The van der Waals surface area contributed by atoms with E-state index in [1.807, 2.05) is 6.20 Å². The van der Waals surface area contributed by atoms with Gasteiger partial charge in [0.1, 0.15) is 5.82 Å². The highest BCUT2D eigenvalue weighted by Crippen LogP contribution is 2.36. The van der Waals surface area contributed by atoms with E-state index in [0.717, 1.165) is 25.8 Å². The Morgan fingerprint density at radius 3 is 3.06 bits per heavy atom. The molecule has 2 aliphatic rings. The summed E-state index contributed by atoms with van der Waals surface area (Å²) in [5.41, 5.74) is 0. The Morgan fingerprint density at radius 2 is 2.28 bits per heavy atom. The SMILES string of the molecule is CCOC[C@@H]1CCCN1Cc1nccn1C1CC1. The Balaban J connectivity index is 1.62. The van der Waals surface area contributed by atoms with Crippen LogP contribution in [0.5, 0.6) is 0 Å². The number of likely N-dealkylation sites (tertiary alicyclic amines) is 1. The molecule has 0 amide bonds. The molecule has 0 spiro atoms. The van der Waals surface area contributed by atoms with Crippen molar-refractivity contribution in [1.29, 1.82) is 0 Å². The fraction of sp³-hybridized carbons (Fsp3) is 0.786. The molecule has 1 aromatic rings. The van der Waals surface area contributed by atoms with Crippen LogP contribution in [0.25, 0.3) is 0 Å². The molecule has 1 saturated heterocycles. The van der Waals surface area contributed by atoms with Crippen molar-refractivity contribution < 1.29 is 4.74 Å². The van der Waals surface area contributed by atoms with Gasteiger partial charge in [-0.3, -0.25) is 4.90 Å². The highest BCUT2D eigenvalue weighted by atomic mass is 16.5. The summed E-state index contributed by atoms with van der Waals surface area (Å²) in [6.45, 7) is 5.94. The molecule has 2 heterocycles. The zero-order chi connectivity index (χ0) is 12.4. The predicted octanol–water partition coefficient (Wildman–Crippen LogP) is 2.22. The van der Waals surface area contributed by atoms with Crippen LogP contribution >= 0.6 is 0 Å². The van der Waals surface area contributed by atoms with Crippen molar-refractivity contribution in [1.82, 2.24) is 14.5 Å². The first-order chi connectivity index (χ1) is 8.88. The average Bonchev–Trinajstić information content (AvgIpc) is 2.96. The van der Waals surface area contributed by atoms with E-state index in [1.54, 1.807) is 0 Å². The second-order valence-electron chi connectivity index (χ2n) is 5.41. The molecule has 4 heteroatoms. The van der Waals surface area contributed by atoms with Gasteiger partial charge in [0.15, 0.2) is 0 Å². The van der Waals surface area contributed by atoms with E-state index in [4.69, 9.17) is 4.74 Å². The zero-order valence-electron chi connectivity index (χ0n) is 11.2. The third kappa shape index (κ3) is 2.59. The summed E-state index contributed by atoms with van der Waals surface area (Å²) < 4.78 is 7.96. The molecule has 3 rings (SSSR count). The molecule has 1 aliphatic heterocycles. The Labute approximate surface area is 109 Å². The van der Waals surface area contributed by atoms with Gasteiger partial charge in [0, 0.05) is 31.1 Å². The molecule has 100 valence electrons. The first-order valence-electron chi connectivity index (χ1n) is 7.22. The van der Waals surface area contributed by atoms with Gasteiger partial charge in [0.25, 0.3) is 0 Å². The van der Waals surface area contributed by atoms with Crippen LogP contribution in [0.1, 0.15) is 44.5 Å². The van der Waals surface area contributed by atoms with Gasteiger partial charge in [-0.15, -0.1) is 0 Å². The van der Waals surface area contributed by atoms with Crippen LogP contribution in [-0.4, -0.2) is 40.3 Å². The maximum atomic E-state index is 5.59. The van der Waals surface area contributed by atoms with E-state index in [0.29, 0.717) is 6.04 Å². The van der Waals surface area contributed by atoms with Gasteiger partial charge in [-0.2, -0.15) is 0 Å². The molecule has 0 bridgehead atoms. The molecule has 1 saturated carbocycles. The van der Waals surface area contributed by atoms with Gasteiger partial charge in [0.05, 0.1) is 13.2 Å². The van der Waals surface area contributed by atoms with Crippen molar-refractivity contribution in [2.24, 2.45) is 0 Å². The second kappa shape index (κ2) is 5.41. The minimum Gasteiger partial charge on any atom is -0.380 e. The monoisotopic (exact) mass is 249 g/mol. The summed E-state index contributed by atoms with van der Waals surface area (Å²) >= 11 is 0. The molecule has 2 fully saturated rings. The van der Waals surface area contributed by atoms with Crippen molar-refractivity contribution in [2.45, 2.75) is 51.2 Å². The number of imidazole rings is 1. The summed E-state index contributed by atoms with van der Waals surface area (Å²) in [4.78, 5) is 7.07. The normalized spacial score (nSPS) is 24.8. The minimum absolute atomic E-state index is 0.592. The number of hydrogen-bond donors (Lipinski definition) is 0. The fourth-order valence-electron chi connectivity index (χ4n) is 2.88. The highest BCUT2D eigenvalue weighted by Gasteiger charge is 2.29. The van der Waals surface area contributed by atoms with Crippen LogP contribution in [0.3, 0.4) is 0 Å². The number of rotatable bonds is 6. The van der Waals surface area contributed by atoms with E-state index >= 15 is 0 Å². The Hall–Kier alpha value is -0.870. The van der Waals surface area contributed by atoms with Crippen LogP contribution in [-0.2, 0) is 11.3 Å². The maximum Gasteiger partial charge on any atom is 0.123 e. The number of aromatic nitrogens is 2. The van der Waals surface area contributed by atoms with E-state index < -0.39 is 0 Å². The Bertz CT molecular complexity index is 386. The Kier molecular flexibility index (Phi) is 3.66. The van der Waals surface area contributed by atoms with E-state index in [1.165, 1.54) is 38.1 Å². The topological polar surface area (TPSA) is 30.3 Å². The third-order valence-electron chi connectivity index (χ3n) is 4.05. The average molecular weight is 249 g/mol. The molecule has 0 N–H and O–H groups in total. The lowest BCUT2D eigenvalue weighted by molar-refractivity contribution is 0.0808. The first kappa shape index (κ1) is 12.2. The van der Waals surface area contributed by atoms with Crippen LogP contribution in [0.4, 0.5) is 0 Å². The van der Waals surface area contributed by atoms with Crippen LogP contribution in [0.15, 0.2) is 12.4 Å². The van der Waals surface area contributed by atoms with E-state index in [-0.39, 0.29) is 0 Å². The van der Waals surface area contributed by atoms with Gasteiger partial charge in [-0.05, 0) is 39.2 Å². The van der Waals surface area contributed by atoms with Gasteiger partial charge in [-0.1, -0.05) is 0 Å². The van der Waals surface area contributed by atoms with Gasteiger partial charge >= 0.3 is 0 Å². The molecule has 1 atom stereocenters. The van der Waals surface area contributed by atoms with E-state index in [2.05, 4.69) is 27.6 Å². The number of nitrogens with zero attached hydrogens (tertiary/aromatic N) is 3. The largest absolute Gasteiger partial charge is 0.380 e. The molecule has 1 aromatic heterocycles. The third-order valence-corrected chi connectivity index (χ3v) is 4.05. The predicted molar refractivity (Wildman–Crippen MR) is 70.4 cm³/mol. The lowest BCUT2D eigenvalue weighted by Crippen LogP contribution is -2.33. The standard InChI is InChI=1S/C14H23N3O/c1-2-18-11-13-4-3-8-16(13)10-14-15-7-9-17(14)12-5-6-12/h7,9,12-13H,2-6,8,10-11H2,1H3/t13-/m0/s1. The van der Waals surface area contributed by atoms with Crippen molar-refractivity contribution in [2.75, 3.05) is 19.8 Å². The number of ether oxygens (including phenoxy) is 1. The number of hydrogen-bond acceptors (Lipinski definition) is 3. The minimum atomic E-state index is 0.592. The molecule has 18 heavy (non-hydrogen) atoms.